The SMILES string of the molecule is FC(F)(F)/C(Br)=C/c1ccc(/C=C(/Br)C(F)(F)F)cc1. The molecule has 1 rings (SSSR count). The summed E-state index contributed by atoms with van der Waals surface area (Å²) in [6.45, 7) is 0. The lowest BCUT2D eigenvalue weighted by molar-refractivity contribution is -0.0830. The molecule has 0 aliphatic carbocycles. The number of halogens is 8. The molecule has 0 aliphatic heterocycles. The lowest BCUT2D eigenvalue weighted by Gasteiger charge is -2.06. The standard InChI is InChI=1S/C12H6Br2F6/c13-9(11(15,16)17)5-7-1-2-8(4-3-7)6-10(14)12(18,19)20/h1-6H/b9-5-,10-6+. The summed E-state index contributed by atoms with van der Waals surface area (Å²) in [6, 6.07) is 5.15. The summed E-state index contributed by atoms with van der Waals surface area (Å²) in [7, 11) is 0. The van der Waals surface area contributed by atoms with E-state index in [4.69, 9.17) is 0 Å². The monoisotopic (exact) mass is 422 g/mol. The summed E-state index contributed by atoms with van der Waals surface area (Å²) in [5, 5.41) is 0. The van der Waals surface area contributed by atoms with E-state index >= 15 is 0 Å². The summed E-state index contributed by atoms with van der Waals surface area (Å²) in [6.07, 6.45) is -7.33. The zero-order valence-corrected chi connectivity index (χ0v) is 12.7. The Hall–Kier alpha value is -0.760. The highest BCUT2D eigenvalue weighted by molar-refractivity contribution is 9.12. The van der Waals surface area contributed by atoms with Crippen LogP contribution in [0.3, 0.4) is 0 Å². The zero-order valence-electron chi connectivity index (χ0n) is 9.49. The van der Waals surface area contributed by atoms with Crippen LogP contribution >= 0.6 is 31.9 Å². The first kappa shape index (κ1) is 17.3. The Morgan fingerprint density at radius 1 is 0.700 bits per heavy atom. The van der Waals surface area contributed by atoms with E-state index in [2.05, 4.69) is 31.9 Å². The third kappa shape index (κ3) is 5.32. The van der Waals surface area contributed by atoms with Crippen molar-refractivity contribution < 1.29 is 26.3 Å². The molecule has 0 aromatic heterocycles. The van der Waals surface area contributed by atoms with Crippen LogP contribution in [0.5, 0.6) is 0 Å². The Labute approximate surface area is 127 Å². The Balaban J connectivity index is 2.96. The second-order valence-corrected chi connectivity index (χ2v) is 5.36. The van der Waals surface area contributed by atoms with Gasteiger partial charge in [-0.1, -0.05) is 24.3 Å². The molecule has 0 saturated carbocycles. The number of alkyl halides is 6. The first-order valence-corrected chi connectivity index (χ1v) is 6.57. The topological polar surface area (TPSA) is 0 Å². The maximum atomic E-state index is 12.3. The first-order chi connectivity index (χ1) is 9.00. The number of hydrogen-bond acceptors (Lipinski definition) is 0. The van der Waals surface area contributed by atoms with Crippen molar-refractivity contribution in [1.82, 2.24) is 0 Å². The van der Waals surface area contributed by atoms with Crippen LogP contribution < -0.4 is 0 Å². The van der Waals surface area contributed by atoms with Crippen molar-refractivity contribution >= 4 is 44.0 Å². The van der Waals surface area contributed by atoms with Crippen LogP contribution in [0.1, 0.15) is 11.1 Å². The fourth-order valence-electron chi connectivity index (χ4n) is 1.14. The van der Waals surface area contributed by atoms with Gasteiger partial charge in [0.2, 0.25) is 0 Å². The fraction of sp³-hybridized carbons (Fsp3) is 0.167. The zero-order chi connectivity index (χ0) is 15.6. The number of hydrogen-bond donors (Lipinski definition) is 0. The first-order valence-electron chi connectivity index (χ1n) is 4.99. The van der Waals surface area contributed by atoms with Crippen LogP contribution in [0.2, 0.25) is 0 Å². The summed E-state index contributed by atoms with van der Waals surface area (Å²) in [4.78, 5) is 0. The van der Waals surface area contributed by atoms with Gasteiger partial charge in [0.25, 0.3) is 0 Å². The minimum atomic E-state index is -4.50. The van der Waals surface area contributed by atoms with Crippen LogP contribution in [0, 0.1) is 0 Å². The highest BCUT2D eigenvalue weighted by Crippen LogP contribution is 2.33. The third-order valence-corrected chi connectivity index (χ3v) is 3.42. The molecule has 1 aromatic carbocycles. The summed E-state index contributed by atoms with van der Waals surface area (Å²) >= 11 is 4.78. The number of benzene rings is 1. The maximum Gasteiger partial charge on any atom is 0.422 e. The predicted molar refractivity (Wildman–Crippen MR) is 72.4 cm³/mol. The molecule has 0 heterocycles. The minimum absolute atomic E-state index is 0.217. The van der Waals surface area contributed by atoms with Crippen molar-refractivity contribution in [1.29, 1.82) is 0 Å². The molecule has 0 aliphatic rings. The van der Waals surface area contributed by atoms with Crippen molar-refractivity contribution in [3.63, 3.8) is 0 Å². The minimum Gasteiger partial charge on any atom is -0.166 e. The van der Waals surface area contributed by atoms with E-state index in [0.29, 0.717) is 0 Å². The van der Waals surface area contributed by atoms with E-state index in [9.17, 15) is 26.3 Å². The molecular weight excluding hydrogens is 418 g/mol. The molecule has 0 unspecified atom stereocenters. The lowest BCUT2D eigenvalue weighted by Crippen LogP contribution is -2.06. The average molecular weight is 424 g/mol. The Morgan fingerprint density at radius 3 is 1.15 bits per heavy atom. The molecule has 110 valence electrons. The number of allylic oxidation sites excluding steroid dienone is 2. The molecular formula is C12H6Br2F6. The molecule has 0 radical (unpaired) electrons. The normalized spacial score (nSPS) is 14.6. The summed E-state index contributed by atoms with van der Waals surface area (Å²) < 4.78 is 71.6. The largest absolute Gasteiger partial charge is 0.422 e. The van der Waals surface area contributed by atoms with Crippen molar-refractivity contribution in [2.75, 3.05) is 0 Å². The van der Waals surface area contributed by atoms with Crippen LogP contribution in [-0.4, -0.2) is 12.4 Å². The van der Waals surface area contributed by atoms with Gasteiger partial charge in [-0.25, -0.2) is 0 Å². The summed E-state index contributed by atoms with van der Waals surface area (Å²) in [5.41, 5.74) is 0.434. The van der Waals surface area contributed by atoms with Crippen molar-refractivity contribution in [2.24, 2.45) is 0 Å². The Bertz CT molecular complexity index is 473. The van der Waals surface area contributed by atoms with E-state index in [-0.39, 0.29) is 11.1 Å². The van der Waals surface area contributed by atoms with Gasteiger partial charge in [-0.15, -0.1) is 0 Å². The molecule has 0 N–H and O–H groups in total. The van der Waals surface area contributed by atoms with E-state index in [1.807, 2.05) is 0 Å². The van der Waals surface area contributed by atoms with Gasteiger partial charge in [0.1, 0.15) is 0 Å². The van der Waals surface area contributed by atoms with Crippen molar-refractivity contribution in [3.8, 4) is 0 Å². The molecule has 0 nitrogen and oxygen atoms in total. The van der Waals surface area contributed by atoms with Crippen molar-refractivity contribution in [2.45, 2.75) is 12.4 Å². The highest BCUT2D eigenvalue weighted by Gasteiger charge is 2.32. The molecule has 0 atom stereocenters. The third-order valence-electron chi connectivity index (χ3n) is 2.06. The fourth-order valence-corrected chi connectivity index (χ4v) is 1.67. The van der Waals surface area contributed by atoms with Gasteiger partial charge in [0, 0.05) is 0 Å². The van der Waals surface area contributed by atoms with Gasteiger partial charge in [-0.3, -0.25) is 0 Å². The lowest BCUT2D eigenvalue weighted by atomic mass is 10.1. The van der Waals surface area contributed by atoms with E-state index in [1.165, 1.54) is 24.3 Å². The molecule has 0 amide bonds. The van der Waals surface area contributed by atoms with Gasteiger partial charge in [0.05, 0.1) is 8.96 Å². The molecule has 0 saturated heterocycles. The van der Waals surface area contributed by atoms with Gasteiger partial charge >= 0.3 is 12.4 Å². The van der Waals surface area contributed by atoms with E-state index < -0.39 is 21.3 Å². The molecule has 0 spiro atoms. The van der Waals surface area contributed by atoms with Gasteiger partial charge in [-0.2, -0.15) is 26.3 Å². The van der Waals surface area contributed by atoms with Crippen LogP contribution in [0.15, 0.2) is 33.2 Å². The molecule has 20 heavy (non-hydrogen) atoms. The second kappa shape index (κ2) is 6.34. The van der Waals surface area contributed by atoms with Gasteiger partial charge in [-0.05, 0) is 55.1 Å². The highest BCUT2D eigenvalue weighted by atomic mass is 79.9. The van der Waals surface area contributed by atoms with E-state index in [0.717, 1.165) is 12.2 Å². The summed E-state index contributed by atoms with van der Waals surface area (Å²) in [5.74, 6) is 0. The quantitative estimate of drug-likeness (QED) is 0.491. The maximum absolute atomic E-state index is 12.3. The molecule has 0 fully saturated rings. The van der Waals surface area contributed by atoms with E-state index in [1.54, 1.807) is 0 Å². The average Bonchev–Trinajstić information content (AvgIpc) is 2.29. The Kier molecular flexibility index (Phi) is 5.48. The Morgan fingerprint density at radius 2 is 0.950 bits per heavy atom. The second-order valence-electron chi connectivity index (χ2n) is 3.65. The molecule has 0 bridgehead atoms. The smallest absolute Gasteiger partial charge is 0.166 e. The van der Waals surface area contributed by atoms with Gasteiger partial charge < -0.3 is 0 Å². The molecule has 8 heteroatoms. The predicted octanol–water partition coefficient (Wildman–Crippen LogP) is 6.28. The van der Waals surface area contributed by atoms with Crippen LogP contribution in [0.4, 0.5) is 26.3 Å². The van der Waals surface area contributed by atoms with Crippen molar-refractivity contribution in [3.05, 3.63) is 44.4 Å². The van der Waals surface area contributed by atoms with Crippen LogP contribution in [-0.2, 0) is 0 Å². The van der Waals surface area contributed by atoms with Gasteiger partial charge in [0.15, 0.2) is 0 Å². The van der Waals surface area contributed by atoms with Crippen LogP contribution in [0.25, 0.3) is 12.2 Å². The molecule has 1 aromatic rings. The number of rotatable bonds is 2.